The lowest BCUT2D eigenvalue weighted by atomic mass is 9.98. The molecule has 1 aliphatic heterocycles. The molecule has 1 saturated carbocycles. The molecule has 1 aromatic heterocycles. The van der Waals surface area contributed by atoms with Crippen molar-refractivity contribution < 1.29 is 17.9 Å². The van der Waals surface area contributed by atoms with Crippen molar-refractivity contribution in [2.24, 2.45) is 5.92 Å². The Kier molecular flexibility index (Phi) is 7.69. The molecule has 0 bridgehead atoms. The highest BCUT2D eigenvalue weighted by Crippen LogP contribution is 2.26. The number of nitrogens with zero attached hydrogens (tertiary/aromatic N) is 1. The van der Waals surface area contributed by atoms with Crippen LogP contribution in [-0.2, 0) is 19.6 Å². The molecule has 1 N–H and O–H groups in total. The Morgan fingerprint density at radius 3 is 2.78 bits per heavy atom. The number of nitrogens with one attached hydrogen (secondary N) is 1. The minimum atomic E-state index is -3.47. The number of carbonyl (C=O) groups excluding carboxylic acids is 1. The highest BCUT2D eigenvalue weighted by molar-refractivity contribution is 7.91. The molecule has 1 aliphatic carbocycles. The topological polar surface area (TPSA) is 75.7 Å². The lowest BCUT2D eigenvalue weighted by molar-refractivity contribution is -0.126. The maximum atomic E-state index is 12.7. The van der Waals surface area contributed by atoms with E-state index in [0.29, 0.717) is 36.4 Å². The second kappa shape index (κ2) is 10.0. The third-order valence-corrected chi connectivity index (χ3v) is 8.61. The zero-order valence-corrected chi connectivity index (χ0v) is 17.4. The molecule has 1 unspecified atom stereocenters. The summed E-state index contributed by atoms with van der Waals surface area (Å²) >= 11 is 1.22. The van der Waals surface area contributed by atoms with Crippen molar-refractivity contribution in [1.82, 2.24) is 9.62 Å². The fourth-order valence-corrected chi connectivity index (χ4v) is 6.49. The summed E-state index contributed by atoms with van der Waals surface area (Å²) in [5.74, 6) is -0.313. The van der Waals surface area contributed by atoms with Gasteiger partial charge in [-0.15, -0.1) is 11.3 Å². The summed E-state index contributed by atoms with van der Waals surface area (Å²) in [7, 11) is -3.47. The molecule has 152 valence electrons. The van der Waals surface area contributed by atoms with Crippen molar-refractivity contribution >= 4 is 27.3 Å². The van der Waals surface area contributed by atoms with Gasteiger partial charge in [0.05, 0.1) is 12.0 Å². The van der Waals surface area contributed by atoms with Gasteiger partial charge < -0.3 is 10.1 Å². The third kappa shape index (κ3) is 5.76. The zero-order valence-electron chi connectivity index (χ0n) is 15.8. The summed E-state index contributed by atoms with van der Waals surface area (Å²) in [5, 5.41) is 4.72. The van der Waals surface area contributed by atoms with Crippen LogP contribution >= 0.6 is 11.3 Å². The van der Waals surface area contributed by atoms with E-state index in [1.165, 1.54) is 34.9 Å². The molecule has 1 saturated heterocycles. The molecule has 2 aliphatic rings. The largest absolute Gasteiger partial charge is 0.378 e. The number of rotatable bonds is 8. The minimum absolute atomic E-state index is 0.0428. The van der Waals surface area contributed by atoms with Gasteiger partial charge in [-0.25, -0.2) is 8.42 Å². The van der Waals surface area contributed by atoms with Crippen LogP contribution in [0.15, 0.2) is 21.7 Å². The number of piperidine rings is 1. The summed E-state index contributed by atoms with van der Waals surface area (Å²) in [4.78, 5) is 12.5. The summed E-state index contributed by atoms with van der Waals surface area (Å²) in [6.07, 6.45) is 8.79. The van der Waals surface area contributed by atoms with Gasteiger partial charge in [-0.2, -0.15) is 4.31 Å². The number of sulfonamides is 1. The van der Waals surface area contributed by atoms with E-state index < -0.39 is 10.0 Å². The number of thiophene rings is 1. The van der Waals surface area contributed by atoms with Crippen molar-refractivity contribution in [3.8, 4) is 0 Å². The monoisotopic (exact) mass is 414 g/mol. The van der Waals surface area contributed by atoms with Gasteiger partial charge in [-0.3, -0.25) is 4.79 Å². The molecular weight excluding hydrogens is 384 g/mol. The van der Waals surface area contributed by atoms with Gasteiger partial charge in [0.2, 0.25) is 5.91 Å². The SMILES string of the molecule is O=C(NCCCOC1CCCCC1)C1CCCN(S(=O)(=O)c2cccs2)C1. The molecule has 6 nitrogen and oxygen atoms in total. The third-order valence-electron chi connectivity index (χ3n) is 5.37. The Morgan fingerprint density at radius 2 is 2.04 bits per heavy atom. The quantitative estimate of drug-likeness (QED) is 0.664. The van der Waals surface area contributed by atoms with Crippen molar-refractivity contribution in [3.05, 3.63) is 17.5 Å². The van der Waals surface area contributed by atoms with Gasteiger partial charge in [0.1, 0.15) is 4.21 Å². The van der Waals surface area contributed by atoms with Gasteiger partial charge >= 0.3 is 0 Å². The molecule has 8 heteroatoms. The predicted octanol–water partition coefficient (Wildman–Crippen LogP) is 3.00. The van der Waals surface area contributed by atoms with Gasteiger partial charge in [0, 0.05) is 26.2 Å². The maximum Gasteiger partial charge on any atom is 0.252 e. The van der Waals surface area contributed by atoms with E-state index in [9.17, 15) is 13.2 Å². The second-order valence-corrected chi connectivity index (χ2v) is 10.5. The van der Waals surface area contributed by atoms with Crippen molar-refractivity contribution in [1.29, 1.82) is 0 Å². The molecule has 1 aromatic rings. The molecule has 0 spiro atoms. The standard InChI is InChI=1S/C19H30N2O4S2/c22-19(20-11-6-13-25-17-8-2-1-3-9-17)16-7-4-12-21(15-16)27(23,24)18-10-5-14-26-18/h5,10,14,16-17H,1-4,6-9,11-13,15H2,(H,20,22). The normalized spacial score (nSPS) is 22.6. The van der Waals surface area contributed by atoms with Gasteiger partial charge in [-0.05, 0) is 43.6 Å². The molecule has 1 amide bonds. The maximum absolute atomic E-state index is 12.7. The smallest absolute Gasteiger partial charge is 0.252 e. The molecule has 0 radical (unpaired) electrons. The second-order valence-electron chi connectivity index (χ2n) is 7.41. The lowest BCUT2D eigenvalue weighted by Crippen LogP contribution is -2.45. The van der Waals surface area contributed by atoms with E-state index in [1.54, 1.807) is 17.5 Å². The first-order valence-electron chi connectivity index (χ1n) is 10.0. The average molecular weight is 415 g/mol. The first kappa shape index (κ1) is 20.8. The van der Waals surface area contributed by atoms with E-state index in [1.807, 2.05) is 0 Å². The summed E-state index contributed by atoms with van der Waals surface area (Å²) in [6, 6.07) is 3.36. The molecule has 27 heavy (non-hydrogen) atoms. The van der Waals surface area contributed by atoms with Crippen molar-refractivity contribution in [2.45, 2.75) is 61.7 Å². The van der Waals surface area contributed by atoms with E-state index >= 15 is 0 Å². The average Bonchev–Trinajstić information content (AvgIpc) is 3.24. The van der Waals surface area contributed by atoms with Crippen LogP contribution in [-0.4, -0.2) is 51.0 Å². The van der Waals surface area contributed by atoms with Crippen LogP contribution in [0.2, 0.25) is 0 Å². The predicted molar refractivity (Wildman–Crippen MR) is 106 cm³/mol. The number of carbonyl (C=O) groups is 1. The van der Waals surface area contributed by atoms with E-state index in [4.69, 9.17) is 4.74 Å². The molecule has 0 aromatic carbocycles. The van der Waals surface area contributed by atoms with Gasteiger partial charge in [-0.1, -0.05) is 25.3 Å². The van der Waals surface area contributed by atoms with Gasteiger partial charge in [0.25, 0.3) is 10.0 Å². The van der Waals surface area contributed by atoms with E-state index in [2.05, 4.69) is 5.32 Å². The Bertz CT molecular complexity index is 685. The van der Waals surface area contributed by atoms with Gasteiger partial charge in [0.15, 0.2) is 0 Å². The number of ether oxygens (including phenoxy) is 1. The van der Waals surface area contributed by atoms with Crippen LogP contribution in [0.4, 0.5) is 0 Å². The zero-order chi connectivity index (χ0) is 19.1. The highest BCUT2D eigenvalue weighted by atomic mass is 32.2. The Morgan fingerprint density at radius 1 is 1.22 bits per heavy atom. The van der Waals surface area contributed by atoms with E-state index in [0.717, 1.165) is 25.7 Å². The number of hydrogen-bond acceptors (Lipinski definition) is 5. The highest BCUT2D eigenvalue weighted by Gasteiger charge is 2.33. The van der Waals surface area contributed by atoms with Crippen LogP contribution in [0.1, 0.15) is 51.4 Å². The molecule has 2 heterocycles. The Hall–Kier alpha value is -0.960. The minimum Gasteiger partial charge on any atom is -0.378 e. The summed E-state index contributed by atoms with van der Waals surface area (Å²) < 4.78 is 33.0. The molecular formula is C19H30N2O4S2. The van der Waals surface area contributed by atoms with Crippen molar-refractivity contribution in [3.63, 3.8) is 0 Å². The first-order valence-corrected chi connectivity index (χ1v) is 12.3. The van der Waals surface area contributed by atoms with Crippen LogP contribution in [0, 0.1) is 5.92 Å². The van der Waals surface area contributed by atoms with Crippen LogP contribution in [0.25, 0.3) is 0 Å². The Balaban J connectivity index is 1.39. The first-order chi connectivity index (χ1) is 13.1. The molecule has 3 rings (SSSR count). The van der Waals surface area contributed by atoms with Crippen LogP contribution in [0.3, 0.4) is 0 Å². The fourth-order valence-electron chi connectivity index (χ4n) is 3.82. The number of hydrogen-bond donors (Lipinski definition) is 1. The molecule has 1 atom stereocenters. The van der Waals surface area contributed by atoms with E-state index in [-0.39, 0.29) is 18.4 Å². The van der Waals surface area contributed by atoms with Crippen LogP contribution < -0.4 is 5.32 Å². The Labute approximate surface area is 166 Å². The van der Waals surface area contributed by atoms with Crippen molar-refractivity contribution in [2.75, 3.05) is 26.2 Å². The lowest BCUT2D eigenvalue weighted by Gasteiger charge is -2.30. The fraction of sp³-hybridized carbons (Fsp3) is 0.737. The molecule has 2 fully saturated rings. The number of amides is 1. The summed E-state index contributed by atoms with van der Waals surface area (Å²) in [5.41, 5.74) is 0. The summed E-state index contributed by atoms with van der Waals surface area (Å²) in [6.45, 7) is 2.01. The van der Waals surface area contributed by atoms with Crippen LogP contribution in [0.5, 0.6) is 0 Å².